The van der Waals surface area contributed by atoms with Gasteiger partial charge in [-0.15, -0.1) is 11.8 Å². The van der Waals surface area contributed by atoms with Crippen molar-refractivity contribution in [3.63, 3.8) is 0 Å². The van der Waals surface area contributed by atoms with Gasteiger partial charge < -0.3 is 5.11 Å². The molecule has 0 aliphatic rings. The van der Waals surface area contributed by atoms with Gasteiger partial charge in [0, 0.05) is 15.5 Å². The van der Waals surface area contributed by atoms with E-state index in [2.05, 4.69) is 10.5 Å². The fraction of sp³-hybridized carbons (Fsp3) is 0.125. The van der Waals surface area contributed by atoms with Crippen molar-refractivity contribution in [2.75, 3.05) is 0 Å². The number of amides is 1. The maximum atomic E-state index is 12.0. The van der Waals surface area contributed by atoms with Gasteiger partial charge in [0.15, 0.2) is 0 Å². The highest BCUT2D eigenvalue weighted by Gasteiger charge is 2.13. The minimum atomic E-state index is -0.303. The number of carbonyl (C=O) groups is 1. The average Bonchev–Trinajstić information content (AvgIpc) is 2.51. The molecule has 2 aromatic rings. The zero-order valence-electron chi connectivity index (χ0n) is 11.9. The summed E-state index contributed by atoms with van der Waals surface area (Å²) < 4.78 is 0. The Morgan fingerprint density at radius 3 is 2.64 bits per heavy atom. The highest BCUT2D eigenvalue weighted by Crippen LogP contribution is 2.24. The molecule has 0 saturated carbocycles. The fourth-order valence-electron chi connectivity index (χ4n) is 1.62. The number of halogens is 1. The van der Waals surface area contributed by atoms with Crippen molar-refractivity contribution in [3.8, 4) is 5.75 Å². The smallest absolute Gasteiger partial charge is 0.253 e. The number of hydrogen-bond donors (Lipinski definition) is 2. The standard InChI is InChI=1S/C16H15ClN2O2S/c1-11(22-14-8-6-13(17)7-9-14)16(21)19-18-10-12-4-2-3-5-15(12)20/h2-11,20H,1H3,(H,19,21)/b18-10-/t11-/m1/s1. The summed E-state index contributed by atoms with van der Waals surface area (Å²) in [5, 5.41) is 13.8. The molecule has 4 nitrogen and oxygen atoms in total. The van der Waals surface area contributed by atoms with Crippen LogP contribution in [0.15, 0.2) is 58.5 Å². The number of hydrogen-bond acceptors (Lipinski definition) is 4. The van der Waals surface area contributed by atoms with Gasteiger partial charge in [0.2, 0.25) is 0 Å². The third-order valence-corrected chi connectivity index (χ3v) is 4.17. The van der Waals surface area contributed by atoms with E-state index < -0.39 is 0 Å². The number of phenolic OH excluding ortho intramolecular Hbond substituents is 1. The van der Waals surface area contributed by atoms with Gasteiger partial charge in [0.1, 0.15) is 5.75 Å². The Balaban J connectivity index is 1.89. The molecule has 6 heteroatoms. The first-order valence-electron chi connectivity index (χ1n) is 6.59. The molecule has 0 radical (unpaired) electrons. The van der Waals surface area contributed by atoms with E-state index in [1.165, 1.54) is 18.0 Å². The first kappa shape index (κ1) is 16.4. The van der Waals surface area contributed by atoms with Gasteiger partial charge in [-0.1, -0.05) is 23.7 Å². The van der Waals surface area contributed by atoms with Crippen LogP contribution in [0.3, 0.4) is 0 Å². The summed E-state index contributed by atoms with van der Waals surface area (Å²) in [7, 11) is 0. The second-order valence-corrected chi connectivity index (χ2v) is 6.36. The topological polar surface area (TPSA) is 61.7 Å². The number of para-hydroxylation sites is 1. The van der Waals surface area contributed by atoms with Crippen LogP contribution in [0.1, 0.15) is 12.5 Å². The lowest BCUT2D eigenvalue weighted by Gasteiger charge is -2.09. The minimum Gasteiger partial charge on any atom is -0.507 e. The number of phenols is 1. The van der Waals surface area contributed by atoms with Crippen LogP contribution in [0.2, 0.25) is 5.02 Å². The molecule has 2 aromatic carbocycles. The molecule has 0 heterocycles. The van der Waals surface area contributed by atoms with Crippen LogP contribution >= 0.6 is 23.4 Å². The predicted molar refractivity (Wildman–Crippen MR) is 90.6 cm³/mol. The van der Waals surface area contributed by atoms with Gasteiger partial charge in [-0.05, 0) is 43.3 Å². The lowest BCUT2D eigenvalue weighted by atomic mass is 10.2. The van der Waals surface area contributed by atoms with Crippen molar-refractivity contribution in [3.05, 3.63) is 59.1 Å². The summed E-state index contributed by atoms with van der Waals surface area (Å²) in [6.45, 7) is 1.80. The zero-order chi connectivity index (χ0) is 15.9. The number of nitrogens with one attached hydrogen (secondary N) is 1. The first-order chi connectivity index (χ1) is 10.6. The molecule has 2 N–H and O–H groups in total. The largest absolute Gasteiger partial charge is 0.507 e. The van der Waals surface area contributed by atoms with Gasteiger partial charge in [-0.3, -0.25) is 4.79 Å². The number of thioether (sulfide) groups is 1. The number of rotatable bonds is 5. The van der Waals surface area contributed by atoms with Crippen LogP contribution in [-0.2, 0) is 4.79 Å². The summed E-state index contributed by atoms with van der Waals surface area (Å²) >= 11 is 7.24. The normalized spacial score (nSPS) is 12.3. The quantitative estimate of drug-likeness (QED) is 0.498. The number of carbonyl (C=O) groups excluding carboxylic acids is 1. The second kappa shape index (κ2) is 7.87. The Hall–Kier alpha value is -1.98. The van der Waals surface area contributed by atoms with Crippen LogP contribution in [0.4, 0.5) is 0 Å². The number of hydrazone groups is 1. The molecular weight excluding hydrogens is 320 g/mol. The van der Waals surface area contributed by atoms with E-state index in [1.807, 2.05) is 12.1 Å². The maximum absolute atomic E-state index is 12.0. The number of aromatic hydroxyl groups is 1. The van der Waals surface area contributed by atoms with Crippen molar-refractivity contribution >= 4 is 35.5 Å². The lowest BCUT2D eigenvalue weighted by molar-refractivity contribution is -0.120. The molecule has 0 saturated heterocycles. The number of nitrogens with zero attached hydrogens (tertiary/aromatic N) is 1. The predicted octanol–water partition coefficient (Wildman–Crippen LogP) is 3.68. The fourth-order valence-corrected chi connectivity index (χ4v) is 2.61. The van der Waals surface area contributed by atoms with Crippen molar-refractivity contribution in [1.29, 1.82) is 0 Å². The van der Waals surface area contributed by atoms with Gasteiger partial charge in [0.25, 0.3) is 5.91 Å². The SMILES string of the molecule is C[C@@H](Sc1ccc(Cl)cc1)C(=O)N/N=C\c1ccccc1O. The maximum Gasteiger partial charge on any atom is 0.253 e. The Morgan fingerprint density at radius 2 is 1.95 bits per heavy atom. The van der Waals surface area contributed by atoms with E-state index in [0.29, 0.717) is 10.6 Å². The first-order valence-corrected chi connectivity index (χ1v) is 7.85. The van der Waals surface area contributed by atoms with E-state index in [1.54, 1.807) is 43.3 Å². The van der Waals surface area contributed by atoms with Crippen molar-refractivity contribution in [2.24, 2.45) is 5.10 Å². The van der Waals surface area contributed by atoms with Gasteiger partial charge >= 0.3 is 0 Å². The molecule has 1 atom stereocenters. The summed E-state index contributed by atoms with van der Waals surface area (Å²) in [5.74, 6) is -0.101. The van der Waals surface area contributed by atoms with E-state index in [0.717, 1.165) is 4.90 Å². The minimum absolute atomic E-state index is 0.115. The van der Waals surface area contributed by atoms with E-state index in [9.17, 15) is 9.90 Å². The summed E-state index contributed by atoms with van der Waals surface area (Å²) in [5.41, 5.74) is 3.00. The lowest BCUT2D eigenvalue weighted by Crippen LogP contribution is -2.26. The number of benzene rings is 2. The summed E-state index contributed by atoms with van der Waals surface area (Å²) in [6, 6.07) is 14.1. The van der Waals surface area contributed by atoms with Gasteiger partial charge in [-0.25, -0.2) is 5.43 Å². The molecular formula is C16H15ClN2O2S. The molecule has 0 aromatic heterocycles. The Bertz CT molecular complexity index is 674. The third kappa shape index (κ3) is 4.79. The van der Waals surface area contributed by atoms with Crippen LogP contribution in [-0.4, -0.2) is 22.5 Å². The Morgan fingerprint density at radius 1 is 1.27 bits per heavy atom. The summed E-state index contributed by atoms with van der Waals surface area (Å²) in [6.07, 6.45) is 1.41. The molecule has 0 spiro atoms. The van der Waals surface area contributed by atoms with Crippen molar-refractivity contribution in [2.45, 2.75) is 17.1 Å². The Kier molecular flexibility index (Phi) is 5.86. The zero-order valence-corrected chi connectivity index (χ0v) is 13.4. The molecule has 2 rings (SSSR count). The van der Waals surface area contributed by atoms with Crippen molar-refractivity contribution in [1.82, 2.24) is 5.43 Å². The molecule has 0 aliphatic heterocycles. The molecule has 0 unspecified atom stereocenters. The highest BCUT2D eigenvalue weighted by molar-refractivity contribution is 8.00. The average molecular weight is 335 g/mol. The van der Waals surface area contributed by atoms with Gasteiger partial charge in [0.05, 0.1) is 11.5 Å². The highest BCUT2D eigenvalue weighted by atomic mass is 35.5. The van der Waals surface area contributed by atoms with E-state index in [4.69, 9.17) is 11.6 Å². The van der Waals surface area contributed by atoms with Crippen LogP contribution in [0.5, 0.6) is 5.75 Å². The van der Waals surface area contributed by atoms with Crippen LogP contribution in [0.25, 0.3) is 0 Å². The monoisotopic (exact) mass is 334 g/mol. The second-order valence-electron chi connectivity index (χ2n) is 4.51. The van der Waals surface area contributed by atoms with Crippen LogP contribution < -0.4 is 5.43 Å². The molecule has 1 amide bonds. The third-order valence-electron chi connectivity index (χ3n) is 2.81. The van der Waals surface area contributed by atoms with E-state index >= 15 is 0 Å². The molecule has 0 aliphatic carbocycles. The summed E-state index contributed by atoms with van der Waals surface area (Å²) in [4.78, 5) is 12.9. The Labute approximate surface area is 138 Å². The van der Waals surface area contributed by atoms with Crippen LogP contribution in [0, 0.1) is 0 Å². The molecule has 0 bridgehead atoms. The molecule has 114 valence electrons. The molecule has 22 heavy (non-hydrogen) atoms. The van der Waals surface area contributed by atoms with E-state index in [-0.39, 0.29) is 16.9 Å². The van der Waals surface area contributed by atoms with Crippen molar-refractivity contribution < 1.29 is 9.90 Å². The van der Waals surface area contributed by atoms with Gasteiger partial charge in [-0.2, -0.15) is 5.10 Å². The molecule has 0 fully saturated rings.